The molecule has 4 N–H and O–H groups in total. The van der Waals surface area contributed by atoms with Gasteiger partial charge < -0.3 is 15.7 Å². The summed E-state index contributed by atoms with van der Waals surface area (Å²) in [7, 11) is 0. The number of amides is 2. The van der Waals surface area contributed by atoms with Crippen LogP contribution < -0.4 is 16.0 Å². The Hall–Kier alpha value is -3.36. The van der Waals surface area contributed by atoms with E-state index in [0.29, 0.717) is 28.6 Å². The minimum Gasteiger partial charge on any atom is -0.465 e. The molecule has 2 aromatic carbocycles. The standard InChI is InChI=1S/C20H17Cl2N5O3/c21-16-11-23-19(22)27-18(16)25-13-4-1-3-12(9-13)7-8-17(28)24-14-5-2-6-15(10-14)26-20(29)30/h1-6,9-11,26H,7-8H2,(H,24,28)(H,29,30)(H,23,25,27). The SMILES string of the molecule is O=C(O)Nc1cccc(NC(=O)CCc2cccc(Nc3nc(Cl)ncc3Cl)c2)c1. The van der Waals surface area contributed by atoms with Crippen LogP contribution in [0.1, 0.15) is 12.0 Å². The fourth-order valence-corrected chi connectivity index (χ4v) is 2.93. The maximum Gasteiger partial charge on any atom is 0.409 e. The number of anilines is 4. The lowest BCUT2D eigenvalue weighted by Gasteiger charge is -2.10. The number of carboxylic acid groups (broad SMARTS) is 1. The van der Waals surface area contributed by atoms with Crippen molar-refractivity contribution in [1.82, 2.24) is 9.97 Å². The topological polar surface area (TPSA) is 116 Å². The van der Waals surface area contributed by atoms with Gasteiger partial charge in [0.1, 0.15) is 5.02 Å². The summed E-state index contributed by atoms with van der Waals surface area (Å²) in [6.07, 6.45) is 0.999. The van der Waals surface area contributed by atoms with Crippen LogP contribution in [0.2, 0.25) is 10.3 Å². The second-order valence-electron chi connectivity index (χ2n) is 6.22. The Morgan fingerprint density at radius 1 is 0.967 bits per heavy atom. The number of nitrogens with zero attached hydrogens (tertiary/aromatic N) is 2. The summed E-state index contributed by atoms with van der Waals surface area (Å²) in [6, 6.07) is 14.0. The molecule has 0 aliphatic carbocycles. The summed E-state index contributed by atoms with van der Waals surface area (Å²) in [5.41, 5.74) is 2.57. The molecule has 0 fully saturated rings. The largest absolute Gasteiger partial charge is 0.465 e. The van der Waals surface area contributed by atoms with Gasteiger partial charge in [-0.2, -0.15) is 4.98 Å². The molecule has 1 aromatic heterocycles. The summed E-state index contributed by atoms with van der Waals surface area (Å²) >= 11 is 11.9. The normalized spacial score (nSPS) is 10.3. The third-order valence-electron chi connectivity index (χ3n) is 3.94. The van der Waals surface area contributed by atoms with E-state index in [1.807, 2.05) is 24.3 Å². The number of hydrogen-bond acceptors (Lipinski definition) is 5. The van der Waals surface area contributed by atoms with Crippen LogP contribution in [-0.2, 0) is 11.2 Å². The molecular weight excluding hydrogens is 429 g/mol. The fraction of sp³-hybridized carbons (Fsp3) is 0.100. The molecular formula is C20H17Cl2N5O3. The molecule has 0 aliphatic heterocycles. The number of rotatable bonds is 7. The first-order valence-electron chi connectivity index (χ1n) is 8.83. The van der Waals surface area contributed by atoms with Crippen molar-refractivity contribution in [3.8, 4) is 0 Å². The number of carbonyl (C=O) groups excluding carboxylic acids is 1. The van der Waals surface area contributed by atoms with Crippen LogP contribution in [0.25, 0.3) is 0 Å². The van der Waals surface area contributed by atoms with Crippen LogP contribution in [0.3, 0.4) is 0 Å². The van der Waals surface area contributed by atoms with Gasteiger partial charge in [0.2, 0.25) is 11.2 Å². The van der Waals surface area contributed by atoms with Gasteiger partial charge in [-0.1, -0.05) is 29.8 Å². The van der Waals surface area contributed by atoms with Crippen molar-refractivity contribution in [2.45, 2.75) is 12.8 Å². The van der Waals surface area contributed by atoms with Crippen LogP contribution in [0.5, 0.6) is 0 Å². The Balaban J connectivity index is 1.58. The van der Waals surface area contributed by atoms with Crippen LogP contribution in [0.15, 0.2) is 54.7 Å². The van der Waals surface area contributed by atoms with Crippen LogP contribution in [0, 0.1) is 0 Å². The molecule has 3 aromatic rings. The minimum absolute atomic E-state index is 0.0809. The Labute approximate surface area is 182 Å². The number of benzene rings is 2. The highest BCUT2D eigenvalue weighted by Crippen LogP contribution is 2.24. The van der Waals surface area contributed by atoms with Gasteiger partial charge in [0, 0.05) is 23.5 Å². The van der Waals surface area contributed by atoms with E-state index in [0.717, 1.165) is 11.3 Å². The summed E-state index contributed by atoms with van der Waals surface area (Å²) in [5, 5.41) is 17.3. The maximum atomic E-state index is 12.3. The van der Waals surface area contributed by atoms with Gasteiger partial charge in [0.05, 0.1) is 6.20 Å². The van der Waals surface area contributed by atoms with Crippen molar-refractivity contribution in [3.05, 3.63) is 70.6 Å². The smallest absolute Gasteiger partial charge is 0.409 e. The van der Waals surface area contributed by atoms with Gasteiger partial charge in [-0.25, -0.2) is 9.78 Å². The Morgan fingerprint density at radius 2 is 1.67 bits per heavy atom. The molecule has 0 saturated carbocycles. The van der Waals surface area contributed by atoms with Gasteiger partial charge in [0.15, 0.2) is 5.82 Å². The van der Waals surface area contributed by atoms with E-state index in [1.165, 1.54) is 6.20 Å². The molecule has 0 radical (unpaired) electrons. The average Bonchev–Trinajstić information content (AvgIpc) is 2.69. The summed E-state index contributed by atoms with van der Waals surface area (Å²) in [5.74, 6) is 0.202. The highest BCUT2D eigenvalue weighted by molar-refractivity contribution is 6.33. The van der Waals surface area contributed by atoms with Gasteiger partial charge in [-0.15, -0.1) is 0 Å². The van der Waals surface area contributed by atoms with Gasteiger partial charge in [-0.05, 0) is 53.9 Å². The van der Waals surface area contributed by atoms with Gasteiger partial charge >= 0.3 is 6.09 Å². The van der Waals surface area contributed by atoms with Crippen molar-refractivity contribution in [1.29, 1.82) is 0 Å². The minimum atomic E-state index is -1.17. The number of aromatic nitrogens is 2. The van der Waals surface area contributed by atoms with E-state index in [4.69, 9.17) is 28.3 Å². The highest BCUT2D eigenvalue weighted by Gasteiger charge is 2.08. The second-order valence-corrected chi connectivity index (χ2v) is 6.97. The molecule has 2 amide bonds. The molecule has 3 rings (SSSR count). The Bertz CT molecular complexity index is 1080. The van der Waals surface area contributed by atoms with Gasteiger partial charge in [-0.3, -0.25) is 10.1 Å². The predicted molar refractivity (Wildman–Crippen MR) is 117 cm³/mol. The lowest BCUT2D eigenvalue weighted by molar-refractivity contribution is -0.116. The summed E-state index contributed by atoms with van der Waals surface area (Å²) < 4.78 is 0. The molecule has 0 bridgehead atoms. The Kier molecular flexibility index (Phi) is 7.05. The third-order valence-corrected chi connectivity index (χ3v) is 4.40. The van der Waals surface area contributed by atoms with Crippen LogP contribution in [-0.4, -0.2) is 27.1 Å². The summed E-state index contributed by atoms with van der Waals surface area (Å²) in [4.78, 5) is 30.8. The van der Waals surface area contributed by atoms with Crippen molar-refractivity contribution in [3.63, 3.8) is 0 Å². The van der Waals surface area contributed by atoms with Crippen molar-refractivity contribution in [2.75, 3.05) is 16.0 Å². The number of aryl methyl sites for hydroxylation is 1. The van der Waals surface area contributed by atoms with E-state index in [1.54, 1.807) is 24.3 Å². The molecule has 0 saturated heterocycles. The monoisotopic (exact) mass is 445 g/mol. The molecule has 154 valence electrons. The van der Waals surface area contributed by atoms with Crippen LogP contribution >= 0.6 is 23.2 Å². The quantitative estimate of drug-likeness (QED) is 0.372. The molecule has 10 heteroatoms. The fourth-order valence-electron chi connectivity index (χ4n) is 2.65. The molecule has 8 nitrogen and oxygen atoms in total. The number of carbonyl (C=O) groups is 2. The zero-order valence-electron chi connectivity index (χ0n) is 15.5. The molecule has 30 heavy (non-hydrogen) atoms. The highest BCUT2D eigenvalue weighted by atomic mass is 35.5. The zero-order valence-corrected chi connectivity index (χ0v) is 17.0. The number of hydrogen-bond donors (Lipinski definition) is 4. The lowest BCUT2D eigenvalue weighted by atomic mass is 10.1. The molecule has 0 atom stereocenters. The van der Waals surface area contributed by atoms with Crippen molar-refractivity contribution < 1.29 is 14.7 Å². The second kappa shape index (κ2) is 9.91. The number of halogens is 2. The number of nitrogens with one attached hydrogen (secondary N) is 3. The first kappa shape index (κ1) is 21.4. The third kappa shape index (κ3) is 6.33. The first-order chi connectivity index (χ1) is 14.4. The van der Waals surface area contributed by atoms with E-state index in [9.17, 15) is 9.59 Å². The Morgan fingerprint density at radius 3 is 2.43 bits per heavy atom. The average molecular weight is 446 g/mol. The maximum absolute atomic E-state index is 12.3. The predicted octanol–water partition coefficient (Wildman–Crippen LogP) is 5.19. The van der Waals surface area contributed by atoms with Crippen molar-refractivity contribution in [2.24, 2.45) is 0 Å². The van der Waals surface area contributed by atoms with E-state index in [-0.39, 0.29) is 17.6 Å². The summed E-state index contributed by atoms with van der Waals surface area (Å²) in [6.45, 7) is 0. The lowest BCUT2D eigenvalue weighted by Crippen LogP contribution is -2.13. The van der Waals surface area contributed by atoms with Crippen LogP contribution in [0.4, 0.5) is 27.7 Å². The van der Waals surface area contributed by atoms with E-state index < -0.39 is 6.09 Å². The van der Waals surface area contributed by atoms with E-state index >= 15 is 0 Å². The molecule has 0 unspecified atom stereocenters. The molecule has 0 spiro atoms. The first-order valence-corrected chi connectivity index (χ1v) is 9.58. The zero-order chi connectivity index (χ0) is 21.5. The molecule has 1 heterocycles. The van der Waals surface area contributed by atoms with Crippen molar-refractivity contribution >= 4 is 58.1 Å². The van der Waals surface area contributed by atoms with E-state index in [2.05, 4.69) is 25.9 Å². The molecule has 0 aliphatic rings. The van der Waals surface area contributed by atoms with Gasteiger partial charge in [0.25, 0.3) is 0 Å².